The van der Waals surface area contributed by atoms with Gasteiger partial charge in [-0.2, -0.15) is 0 Å². The molecule has 0 aliphatic heterocycles. The molecule has 23 heavy (non-hydrogen) atoms. The van der Waals surface area contributed by atoms with Crippen molar-refractivity contribution in [2.45, 2.75) is 19.9 Å². The summed E-state index contributed by atoms with van der Waals surface area (Å²) in [4.78, 5) is 24.4. The van der Waals surface area contributed by atoms with Gasteiger partial charge in [-0.3, -0.25) is 9.59 Å². The van der Waals surface area contributed by atoms with Crippen LogP contribution in [0.15, 0.2) is 57.2 Å². The van der Waals surface area contributed by atoms with Gasteiger partial charge in [0.1, 0.15) is 5.70 Å². The van der Waals surface area contributed by atoms with Gasteiger partial charge >= 0.3 is 0 Å². The van der Waals surface area contributed by atoms with E-state index in [4.69, 9.17) is 4.42 Å². The van der Waals surface area contributed by atoms with Crippen molar-refractivity contribution in [1.82, 2.24) is 10.6 Å². The molecular weight excluding hydrogens is 360 g/mol. The number of carbonyl (C=O) groups excluding carboxylic acids is 2. The number of rotatable bonds is 5. The third-order valence-electron chi connectivity index (χ3n) is 2.82. The number of nitrogens with one attached hydrogen (secondary N) is 2. The average Bonchev–Trinajstić information content (AvgIpc) is 3.00. The molecule has 0 aliphatic carbocycles. The largest absolute Gasteiger partial charge is 0.459 e. The van der Waals surface area contributed by atoms with Crippen molar-refractivity contribution in [1.29, 1.82) is 0 Å². The first kappa shape index (κ1) is 17.0. The number of furan rings is 1. The standard InChI is InChI=1S/C17H17BrN2O3/c1-11(2)19-16(21)14(10-12-5-3-6-13(18)9-12)20-17(22)15-7-4-8-23-15/h3-11H,1-2H3,(H,19,21)(H,20,22). The van der Waals surface area contributed by atoms with Crippen molar-refractivity contribution in [2.75, 3.05) is 0 Å². The van der Waals surface area contributed by atoms with Crippen LogP contribution >= 0.6 is 15.9 Å². The summed E-state index contributed by atoms with van der Waals surface area (Å²) in [7, 11) is 0. The van der Waals surface area contributed by atoms with Crippen LogP contribution < -0.4 is 10.6 Å². The van der Waals surface area contributed by atoms with Crippen LogP contribution in [-0.2, 0) is 4.79 Å². The number of benzene rings is 1. The number of halogens is 1. The lowest BCUT2D eigenvalue weighted by Crippen LogP contribution is -2.38. The second kappa shape index (κ2) is 7.78. The Balaban J connectivity index is 2.27. The molecule has 0 bridgehead atoms. The lowest BCUT2D eigenvalue weighted by molar-refractivity contribution is -0.118. The van der Waals surface area contributed by atoms with E-state index >= 15 is 0 Å². The minimum Gasteiger partial charge on any atom is -0.459 e. The SMILES string of the molecule is CC(C)NC(=O)C(=Cc1cccc(Br)c1)NC(=O)c1ccco1. The molecule has 0 unspecified atom stereocenters. The van der Waals surface area contributed by atoms with E-state index in [1.807, 2.05) is 38.1 Å². The maximum absolute atomic E-state index is 12.3. The molecule has 2 rings (SSSR count). The van der Waals surface area contributed by atoms with Gasteiger partial charge in [0.15, 0.2) is 5.76 Å². The van der Waals surface area contributed by atoms with Crippen LogP contribution in [0, 0.1) is 0 Å². The van der Waals surface area contributed by atoms with Crippen molar-refractivity contribution >= 4 is 33.8 Å². The summed E-state index contributed by atoms with van der Waals surface area (Å²) < 4.78 is 5.93. The molecule has 0 atom stereocenters. The zero-order valence-electron chi connectivity index (χ0n) is 12.8. The predicted molar refractivity (Wildman–Crippen MR) is 91.6 cm³/mol. The van der Waals surface area contributed by atoms with E-state index in [2.05, 4.69) is 26.6 Å². The molecule has 2 N–H and O–H groups in total. The van der Waals surface area contributed by atoms with E-state index in [-0.39, 0.29) is 23.4 Å². The van der Waals surface area contributed by atoms with E-state index in [1.165, 1.54) is 12.3 Å². The first-order valence-corrected chi connectivity index (χ1v) is 7.88. The Morgan fingerprint density at radius 3 is 2.61 bits per heavy atom. The Morgan fingerprint density at radius 1 is 1.22 bits per heavy atom. The van der Waals surface area contributed by atoms with Crippen LogP contribution in [0.1, 0.15) is 30.0 Å². The Hall–Kier alpha value is -2.34. The maximum atomic E-state index is 12.3. The molecule has 0 saturated heterocycles. The van der Waals surface area contributed by atoms with Gasteiger partial charge in [-0.25, -0.2) is 0 Å². The fourth-order valence-electron chi connectivity index (χ4n) is 1.85. The molecule has 1 aromatic heterocycles. The number of hydrogen-bond donors (Lipinski definition) is 2. The highest BCUT2D eigenvalue weighted by Gasteiger charge is 2.16. The van der Waals surface area contributed by atoms with E-state index in [9.17, 15) is 9.59 Å². The van der Waals surface area contributed by atoms with Gasteiger partial charge in [-0.05, 0) is 49.8 Å². The van der Waals surface area contributed by atoms with Crippen LogP contribution in [0.2, 0.25) is 0 Å². The Bertz CT molecular complexity index is 721. The summed E-state index contributed by atoms with van der Waals surface area (Å²) in [6.45, 7) is 3.70. The Kier molecular flexibility index (Phi) is 5.76. The van der Waals surface area contributed by atoms with Gasteiger partial charge in [0.05, 0.1) is 6.26 Å². The topological polar surface area (TPSA) is 71.3 Å². The van der Waals surface area contributed by atoms with E-state index in [1.54, 1.807) is 12.1 Å². The van der Waals surface area contributed by atoms with Gasteiger partial charge in [-0.15, -0.1) is 0 Å². The van der Waals surface area contributed by atoms with Crippen molar-refractivity contribution in [3.8, 4) is 0 Å². The smallest absolute Gasteiger partial charge is 0.291 e. The molecule has 120 valence electrons. The highest BCUT2D eigenvalue weighted by Crippen LogP contribution is 2.14. The summed E-state index contributed by atoms with van der Waals surface area (Å²) in [5, 5.41) is 5.36. The number of amides is 2. The summed E-state index contributed by atoms with van der Waals surface area (Å²) >= 11 is 3.38. The van der Waals surface area contributed by atoms with E-state index in [0.29, 0.717) is 0 Å². The van der Waals surface area contributed by atoms with Crippen LogP contribution in [-0.4, -0.2) is 17.9 Å². The van der Waals surface area contributed by atoms with Gasteiger partial charge in [0.2, 0.25) is 0 Å². The third kappa shape index (κ3) is 5.10. The minimum absolute atomic E-state index is 0.0473. The summed E-state index contributed by atoms with van der Waals surface area (Å²) in [5.74, 6) is -0.697. The summed E-state index contributed by atoms with van der Waals surface area (Å²) in [6, 6.07) is 10.5. The molecule has 0 radical (unpaired) electrons. The van der Waals surface area contributed by atoms with Crippen molar-refractivity contribution in [2.24, 2.45) is 0 Å². The second-order valence-electron chi connectivity index (χ2n) is 5.17. The lowest BCUT2D eigenvalue weighted by atomic mass is 10.2. The molecule has 0 saturated carbocycles. The zero-order valence-corrected chi connectivity index (χ0v) is 14.4. The summed E-state index contributed by atoms with van der Waals surface area (Å²) in [6.07, 6.45) is 3.02. The molecule has 1 aromatic carbocycles. The normalized spacial score (nSPS) is 11.4. The van der Waals surface area contributed by atoms with E-state index in [0.717, 1.165) is 10.0 Å². The molecule has 6 heteroatoms. The van der Waals surface area contributed by atoms with Crippen molar-refractivity contribution < 1.29 is 14.0 Å². The average molecular weight is 377 g/mol. The molecule has 2 aromatic rings. The Morgan fingerprint density at radius 2 is 2.00 bits per heavy atom. The first-order valence-electron chi connectivity index (χ1n) is 7.08. The molecule has 0 aliphatic rings. The lowest BCUT2D eigenvalue weighted by Gasteiger charge is -2.12. The minimum atomic E-state index is -0.477. The zero-order chi connectivity index (χ0) is 16.8. The monoisotopic (exact) mass is 376 g/mol. The quantitative estimate of drug-likeness (QED) is 0.786. The van der Waals surface area contributed by atoms with Gasteiger partial charge in [0.25, 0.3) is 11.8 Å². The molecule has 2 amide bonds. The van der Waals surface area contributed by atoms with E-state index < -0.39 is 5.91 Å². The van der Waals surface area contributed by atoms with Crippen molar-refractivity contribution in [3.63, 3.8) is 0 Å². The molecule has 1 heterocycles. The fraction of sp³-hybridized carbons (Fsp3) is 0.176. The maximum Gasteiger partial charge on any atom is 0.291 e. The molecule has 0 spiro atoms. The van der Waals surface area contributed by atoms with Crippen LogP contribution in [0.3, 0.4) is 0 Å². The molecule has 5 nitrogen and oxygen atoms in total. The summed E-state index contributed by atoms with van der Waals surface area (Å²) in [5.41, 5.74) is 0.936. The van der Waals surface area contributed by atoms with Crippen LogP contribution in [0.4, 0.5) is 0 Å². The van der Waals surface area contributed by atoms with Crippen LogP contribution in [0.25, 0.3) is 6.08 Å². The molecule has 0 fully saturated rings. The van der Waals surface area contributed by atoms with Gasteiger partial charge in [0, 0.05) is 10.5 Å². The molecular formula is C17H17BrN2O3. The highest BCUT2D eigenvalue weighted by molar-refractivity contribution is 9.10. The Labute approximate surface area is 142 Å². The fourth-order valence-corrected chi connectivity index (χ4v) is 2.27. The van der Waals surface area contributed by atoms with Crippen LogP contribution in [0.5, 0.6) is 0 Å². The third-order valence-corrected chi connectivity index (χ3v) is 3.31. The van der Waals surface area contributed by atoms with Gasteiger partial charge < -0.3 is 15.1 Å². The van der Waals surface area contributed by atoms with Crippen molar-refractivity contribution in [3.05, 3.63) is 64.2 Å². The second-order valence-corrected chi connectivity index (χ2v) is 6.09. The predicted octanol–water partition coefficient (Wildman–Crippen LogP) is 3.34. The highest BCUT2D eigenvalue weighted by atomic mass is 79.9. The number of carbonyl (C=O) groups is 2. The number of hydrogen-bond acceptors (Lipinski definition) is 3. The first-order chi connectivity index (χ1) is 11.0. The van der Waals surface area contributed by atoms with Gasteiger partial charge in [-0.1, -0.05) is 28.1 Å².